The molecule has 1 saturated heterocycles. The molecule has 0 aromatic carbocycles. The number of amides is 1. The van der Waals surface area contributed by atoms with Crippen LogP contribution >= 0.6 is 0 Å². The molecule has 0 bridgehead atoms. The summed E-state index contributed by atoms with van der Waals surface area (Å²) in [6, 6.07) is 3.83. The minimum Gasteiger partial charge on any atom is -0.468 e. The summed E-state index contributed by atoms with van der Waals surface area (Å²) >= 11 is 0. The first-order valence-corrected chi connectivity index (χ1v) is 9.94. The van der Waals surface area contributed by atoms with E-state index in [4.69, 9.17) is 9.15 Å². The maximum atomic E-state index is 12.8. The van der Waals surface area contributed by atoms with E-state index >= 15 is 0 Å². The zero-order valence-corrected chi connectivity index (χ0v) is 16.8. The molecule has 2 aromatic heterocycles. The third-order valence-corrected chi connectivity index (χ3v) is 5.30. The zero-order valence-electron chi connectivity index (χ0n) is 16.8. The fourth-order valence-corrected chi connectivity index (χ4v) is 3.88. The normalized spacial score (nSPS) is 16.0. The molecule has 152 valence electrons. The first-order valence-electron chi connectivity index (χ1n) is 9.94. The molecule has 7 nitrogen and oxygen atoms in total. The molecule has 0 aliphatic carbocycles. The van der Waals surface area contributed by atoms with Gasteiger partial charge in [0.1, 0.15) is 11.5 Å². The smallest absolute Gasteiger partial charge is 0.340 e. The van der Waals surface area contributed by atoms with Crippen LogP contribution in [-0.4, -0.2) is 48.0 Å². The molecule has 3 rings (SSSR count). The Morgan fingerprint density at radius 3 is 2.68 bits per heavy atom. The number of esters is 1. The van der Waals surface area contributed by atoms with E-state index in [0.29, 0.717) is 35.7 Å². The Morgan fingerprint density at radius 2 is 2.04 bits per heavy atom. The van der Waals surface area contributed by atoms with Crippen molar-refractivity contribution in [2.24, 2.45) is 0 Å². The number of H-pyrrole nitrogens is 1. The van der Waals surface area contributed by atoms with Crippen LogP contribution in [0.3, 0.4) is 0 Å². The molecule has 28 heavy (non-hydrogen) atoms. The topological polar surface area (TPSA) is 87.6 Å². The number of furan rings is 1. The number of hydrogen-bond donors (Lipinski definition) is 2. The zero-order chi connectivity index (χ0) is 20.1. The first-order chi connectivity index (χ1) is 13.5. The number of rotatable bonds is 7. The van der Waals surface area contributed by atoms with Crippen molar-refractivity contribution in [3.8, 4) is 0 Å². The lowest BCUT2D eigenvalue weighted by Crippen LogP contribution is -2.40. The summed E-state index contributed by atoms with van der Waals surface area (Å²) in [5, 5.41) is 3.01. The summed E-state index contributed by atoms with van der Waals surface area (Å²) < 4.78 is 10.7. The summed E-state index contributed by atoms with van der Waals surface area (Å²) in [6.45, 7) is 8.03. The quantitative estimate of drug-likeness (QED) is 0.712. The van der Waals surface area contributed by atoms with Gasteiger partial charge in [-0.3, -0.25) is 9.69 Å². The van der Waals surface area contributed by atoms with Crippen LogP contribution in [0, 0.1) is 13.8 Å². The van der Waals surface area contributed by atoms with Crippen LogP contribution in [0.5, 0.6) is 0 Å². The second kappa shape index (κ2) is 9.10. The Kier molecular flexibility index (Phi) is 6.57. The van der Waals surface area contributed by atoms with Crippen LogP contribution in [0.2, 0.25) is 0 Å². The number of likely N-dealkylation sites (tertiary alicyclic amines) is 1. The van der Waals surface area contributed by atoms with Crippen molar-refractivity contribution >= 4 is 11.9 Å². The van der Waals surface area contributed by atoms with E-state index < -0.39 is 5.97 Å². The second-order valence-corrected chi connectivity index (χ2v) is 7.18. The molecule has 2 N–H and O–H groups in total. The number of ether oxygens (including phenoxy) is 1. The number of hydrogen-bond acceptors (Lipinski definition) is 5. The lowest BCUT2D eigenvalue weighted by Gasteiger charge is -2.33. The molecule has 3 heterocycles. The largest absolute Gasteiger partial charge is 0.468 e. The van der Waals surface area contributed by atoms with E-state index in [9.17, 15) is 9.59 Å². The third-order valence-electron chi connectivity index (χ3n) is 5.30. The fraction of sp³-hybridized carbons (Fsp3) is 0.524. The van der Waals surface area contributed by atoms with Crippen LogP contribution < -0.4 is 5.32 Å². The molecule has 1 aliphatic heterocycles. The van der Waals surface area contributed by atoms with Gasteiger partial charge in [-0.1, -0.05) is 6.42 Å². The molecule has 0 saturated carbocycles. The number of nitrogens with one attached hydrogen (secondary N) is 2. The third kappa shape index (κ3) is 4.30. The summed E-state index contributed by atoms with van der Waals surface area (Å²) in [4.78, 5) is 30.4. The summed E-state index contributed by atoms with van der Waals surface area (Å²) in [5.74, 6) is 0.216. The predicted octanol–water partition coefficient (Wildman–Crippen LogP) is 3.36. The first kappa shape index (κ1) is 20.2. The van der Waals surface area contributed by atoms with Crippen molar-refractivity contribution in [1.29, 1.82) is 0 Å². The summed E-state index contributed by atoms with van der Waals surface area (Å²) in [6.07, 6.45) is 5.22. The molecular formula is C21H29N3O4. The molecule has 2 aromatic rings. The van der Waals surface area contributed by atoms with Crippen molar-refractivity contribution in [2.75, 3.05) is 26.2 Å². The Labute approximate surface area is 165 Å². The predicted molar refractivity (Wildman–Crippen MR) is 105 cm³/mol. The number of piperidine rings is 1. The molecule has 0 radical (unpaired) electrons. The van der Waals surface area contributed by atoms with Crippen LogP contribution in [0.15, 0.2) is 22.8 Å². The Morgan fingerprint density at radius 1 is 1.29 bits per heavy atom. The van der Waals surface area contributed by atoms with Gasteiger partial charge in [-0.2, -0.15) is 0 Å². The molecule has 1 atom stereocenters. The van der Waals surface area contributed by atoms with Crippen LogP contribution in [0.1, 0.15) is 70.1 Å². The van der Waals surface area contributed by atoms with E-state index in [1.54, 1.807) is 27.0 Å². The van der Waals surface area contributed by atoms with Crippen LogP contribution in [0.25, 0.3) is 0 Å². The van der Waals surface area contributed by atoms with Gasteiger partial charge in [0.15, 0.2) is 0 Å². The highest BCUT2D eigenvalue weighted by Crippen LogP contribution is 2.25. The average Bonchev–Trinajstić information content (AvgIpc) is 3.31. The van der Waals surface area contributed by atoms with E-state index in [1.807, 2.05) is 12.1 Å². The number of nitrogens with zero attached hydrogens (tertiary/aromatic N) is 1. The van der Waals surface area contributed by atoms with Crippen molar-refractivity contribution in [3.63, 3.8) is 0 Å². The average molecular weight is 387 g/mol. The van der Waals surface area contributed by atoms with Gasteiger partial charge in [-0.05, 0) is 64.4 Å². The van der Waals surface area contributed by atoms with Crippen molar-refractivity contribution in [2.45, 2.75) is 46.1 Å². The number of carbonyl (C=O) groups excluding carboxylic acids is 2. The van der Waals surface area contributed by atoms with Gasteiger partial charge >= 0.3 is 5.97 Å². The van der Waals surface area contributed by atoms with E-state index in [-0.39, 0.29) is 11.9 Å². The molecule has 1 amide bonds. The minimum absolute atomic E-state index is 0.000132. The molecular weight excluding hydrogens is 358 g/mol. The van der Waals surface area contributed by atoms with E-state index in [2.05, 4.69) is 15.2 Å². The van der Waals surface area contributed by atoms with Gasteiger partial charge in [-0.25, -0.2) is 4.79 Å². The van der Waals surface area contributed by atoms with Gasteiger partial charge < -0.3 is 19.5 Å². The Hall–Kier alpha value is -2.54. The summed E-state index contributed by atoms with van der Waals surface area (Å²) in [5.41, 5.74) is 2.09. The monoisotopic (exact) mass is 387 g/mol. The highest BCUT2D eigenvalue weighted by Gasteiger charge is 2.27. The molecule has 0 spiro atoms. The second-order valence-electron chi connectivity index (χ2n) is 7.18. The summed E-state index contributed by atoms with van der Waals surface area (Å²) in [7, 11) is 0. The number of aromatic amines is 1. The number of aryl methyl sites for hydroxylation is 1. The van der Waals surface area contributed by atoms with Crippen LogP contribution in [0.4, 0.5) is 0 Å². The van der Waals surface area contributed by atoms with Crippen molar-refractivity contribution < 1.29 is 18.7 Å². The standard InChI is InChI=1S/C21H29N3O4/c1-4-27-21(26)18-14(2)19(23-15(18)3)20(25)22-13-16(17-9-8-12-28-17)24-10-6-5-7-11-24/h8-9,12,16,23H,4-7,10-11,13H2,1-3H3,(H,22,25)/t16-/m0/s1. The van der Waals surface area contributed by atoms with Gasteiger partial charge in [0.25, 0.3) is 5.91 Å². The van der Waals surface area contributed by atoms with Gasteiger partial charge in [0.05, 0.1) is 24.5 Å². The van der Waals surface area contributed by atoms with Crippen LogP contribution in [-0.2, 0) is 4.74 Å². The maximum absolute atomic E-state index is 12.8. The highest BCUT2D eigenvalue weighted by molar-refractivity contribution is 6.00. The lowest BCUT2D eigenvalue weighted by molar-refractivity contribution is 0.0525. The Bertz CT molecular complexity index is 804. The maximum Gasteiger partial charge on any atom is 0.340 e. The molecule has 1 aliphatic rings. The minimum atomic E-state index is -0.408. The van der Waals surface area contributed by atoms with E-state index in [0.717, 1.165) is 31.7 Å². The SMILES string of the molecule is CCOC(=O)c1c(C)[nH]c(C(=O)NC[C@@H](c2ccco2)N2CCCCC2)c1C. The molecule has 0 unspecified atom stereocenters. The molecule has 1 fully saturated rings. The van der Waals surface area contributed by atoms with Gasteiger partial charge in [-0.15, -0.1) is 0 Å². The lowest BCUT2D eigenvalue weighted by atomic mass is 10.1. The van der Waals surface area contributed by atoms with Crippen molar-refractivity contribution in [3.05, 3.63) is 46.7 Å². The number of carbonyl (C=O) groups is 2. The molecule has 7 heteroatoms. The van der Waals surface area contributed by atoms with E-state index in [1.165, 1.54) is 6.42 Å². The van der Waals surface area contributed by atoms with Gasteiger partial charge in [0, 0.05) is 12.2 Å². The van der Waals surface area contributed by atoms with Crippen molar-refractivity contribution in [1.82, 2.24) is 15.2 Å². The highest BCUT2D eigenvalue weighted by atomic mass is 16.5. The Balaban J connectivity index is 1.73. The number of aromatic nitrogens is 1. The fourth-order valence-electron chi connectivity index (χ4n) is 3.88. The van der Waals surface area contributed by atoms with Gasteiger partial charge in [0.2, 0.25) is 0 Å².